The van der Waals surface area contributed by atoms with Gasteiger partial charge in [0.2, 0.25) is 11.8 Å². The maximum atomic E-state index is 13.0. The molecule has 8 nitrogen and oxygen atoms in total. The van der Waals surface area contributed by atoms with Crippen LogP contribution in [0.5, 0.6) is 23.3 Å². The Morgan fingerprint density at radius 2 is 1.03 bits per heavy atom. The van der Waals surface area contributed by atoms with E-state index in [0.29, 0.717) is 0 Å². The Kier molecular flexibility index (Phi) is 9.05. The van der Waals surface area contributed by atoms with E-state index in [2.05, 4.69) is 9.97 Å². The van der Waals surface area contributed by atoms with Gasteiger partial charge in [0, 0.05) is 12.1 Å². The van der Waals surface area contributed by atoms with Crippen LogP contribution in [-0.2, 0) is 0 Å². The lowest BCUT2D eigenvalue weighted by Crippen LogP contribution is -2.03. The number of benzene rings is 2. The van der Waals surface area contributed by atoms with Gasteiger partial charge in [-0.15, -0.1) is 0 Å². The van der Waals surface area contributed by atoms with Crippen molar-refractivity contribution in [2.45, 2.75) is 0 Å². The fourth-order valence-electron chi connectivity index (χ4n) is 2.63. The fraction of sp³-hybridized carbons (Fsp3) is 0. The predicted molar refractivity (Wildman–Crippen MR) is 125 cm³/mol. The van der Waals surface area contributed by atoms with Crippen LogP contribution in [0.15, 0.2) is 60.9 Å². The molecule has 0 spiro atoms. The summed E-state index contributed by atoms with van der Waals surface area (Å²) in [5.74, 6) is -6.11. The maximum Gasteiger partial charge on any atom is 0.341 e. The smallest absolute Gasteiger partial charge is 0.341 e. The average molecular weight is 571 g/mol. The van der Waals surface area contributed by atoms with Crippen LogP contribution < -0.4 is 9.47 Å². The summed E-state index contributed by atoms with van der Waals surface area (Å²) in [6.45, 7) is 0. The minimum Gasteiger partial charge on any atom is -0.477 e. The van der Waals surface area contributed by atoms with Crippen molar-refractivity contribution >= 4 is 35.1 Å². The van der Waals surface area contributed by atoms with Gasteiger partial charge in [-0.05, 0) is 36.4 Å². The zero-order valence-corrected chi connectivity index (χ0v) is 20.0. The van der Waals surface area contributed by atoms with Crippen LogP contribution in [0, 0.1) is 23.3 Å². The van der Waals surface area contributed by atoms with Crippen LogP contribution in [-0.4, -0.2) is 32.1 Å². The first-order valence-electron chi connectivity index (χ1n) is 9.98. The molecule has 2 heterocycles. The van der Waals surface area contributed by atoms with Gasteiger partial charge in [0.1, 0.15) is 45.9 Å². The normalized spacial score (nSPS) is 10.3. The zero-order chi connectivity index (χ0) is 28.0. The third kappa shape index (κ3) is 7.31. The van der Waals surface area contributed by atoms with Gasteiger partial charge < -0.3 is 19.7 Å². The third-order valence-electron chi connectivity index (χ3n) is 4.31. The number of ether oxygens (including phenoxy) is 2. The van der Waals surface area contributed by atoms with Crippen molar-refractivity contribution in [2.75, 3.05) is 0 Å². The molecule has 0 aliphatic carbocycles. The number of hydrogen-bond acceptors (Lipinski definition) is 6. The van der Waals surface area contributed by atoms with Gasteiger partial charge in [-0.3, -0.25) is 0 Å². The van der Waals surface area contributed by atoms with Crippen LogP contribution in [0.4, 0.5) is 17.6 Å². The fourth-order valence-corrected chi connectivity index (χ4v) is 2.97. The summed E-state index contributed by atoms with van der Waals surface area (Å²) >= 11 is 11.1. The number of hydrogen-bond donors (Lipinski definition) is 2. The van der Waals surface area contributed by atoms with E-state index < -0.39 is 46.3 Å². The molecule has 0 aliphatic rings. The van der Waals surface area contributed by atoms with Crippen molar-refractivity contribution in [1.82, 2.24) is 9.97 Å². The van der Waals surface area contributed by atoms with E-state index >= 15 is 0 Å². The third-order valence-corrected chi connectivity index (χ3v) is 4.89. The second-order valence-electron chi connectivity index (χ2n) is 6.98. The largest absolute Gasteiger partial charge is 0.477 e. The lowest BCUT2D eigenvalue weighted by molar-refractivity contribution is 0.0681. The van der Waals surface area contributed by atoms with E-state index in [1.54, 1.807) is 0 Å². The van der Waals surface area contributed by atoms with Crippen molar-refractivity contribution in [1.29, 1.82) is 0 Å². The second-order valence-corrected chi connectivity index (χ2v) is 7.79. The van der Waals surface area contributed by atoms with Gasteiger partial charge in [-0.2, -0.15) is 0 Å². The average Bonchev–Trinajstić information content (AvgIpc) is 2.86. The summed E-state index contributed by atoms with van der Waals surface area (Å²) in [5.41, 5.74) is -0.888. The molecular weight excluding hydrogens is 559 g/mol. The van der Waals surface area contributed by atoms with E-state index in [-0.39, 0.29) is 33.3 Å². The molecule has 196 valence electrons. The number of pyridine rings is 2. The molecule has 0 unspecified atom stereocenters. The van der Waals surface area contributed by atoms with Gasteiger partial charge in [0.05, 0.1) is 22.4 Å². The summed E-state index contributed by atoms with van der Waals surface area (Å²) in [7, 11) is 0. The molecule has 14 heteroatoms. The summed E-state index contributed by atoms with van der Waals surface area (Å²) in [5, 5.41) is 17.4. The topological polar surface area (TPSA) is 119 Å². The predicted octanol–water partition coefficient (Wildman–Crippen LogP) is 7.01. The lowest BCUT2D eigenvalue weighted by atomic mass is 10.2. The first-order valence-corrected chi connectivity index (χ1v) is 10.7. The van der Waals surface area contributed by atoms with Crippen molar-refractivity contribution in [2.24, 2.45) is 0 Å². The quantitative estimate of drug-likeness (QED) is 0.238. The molecule has 0 radical (unpaired) electrons. The molecule has 0 fully saturated rings. The second kappa shape index (κ2) is 12.2. The molecule has 0 amide bonds. The van der Waals surface area contributed by atoms with E-state index in [1.807, 2.05) is 0 Å². The Morgan fingerprint density at radius 3 is 1.34 bits per heavy atom. The summed E-state index contributed by atoms with van der Waals surface area (Å²) in [6.07, 6.45) is 1.62. The van der Waals surface area contributed by atoms with E-state index in [4.69, 9.17) is 42.9 Å². The molecule has 4 rings (SSSR count). The van der Waals surface area contributed by atoms with Crippen molar-refractivity contribution < 1.29 is 46.8 Å². The van der Waals surface area contributed by atoms with Crippen LogP contribution in [0.3, 0.4) is 0 Å². The number of carbonyl (C=O) groups is 2. The Hall–Kier alpha value is -4.42. The lowest BCUT2D eigenvalue weighted by Gasteiger charge is -2.07. The van der Waals surface area contributed by atoms with Gasteiger partial charge >= 0.3 is 11.9 Å². The molecule has 0 aliphatic heterocycles. The molecule has 2 N–H and O–H groups in total. The van der Waals surface area contributed by atoms with Gasteiger partial charge in [-0.25, -0.2) is 37.1 Å². The van der Waals surface area contributed by atoms with E-state index in [1.165, 1.54) is 12.1 Å². The van der Waals surface area contributed by atoms with Gasteiger partial charge in [-0.1, -0.05) is 23.2 Å². The number of aromatic carboxylic acids is 2. The maximum absolute atomic E-state index is 13.0. The van der Waals surface area contributed by atoms with Gasteiger partial charge in [0.25, 0.3) is 0 Å². The van der Waals surface area contributed by atoms with Crippen molar-refractivity contribution in [3.63, 3.8) is 0 Å². The highest BCUT2D eigenvalue weighted by Crippen LogP contribution is 2.28. The molecule has 38 heavy (non-hydrogen) atoms. The number of nitrogens with zero attached hydrogens (tertiary/aromatic N) is 2. The Labute approximate surface area is 220 Å². The summed E-state index contributed by atoms with van der Waals surface area (Å²) < 4.78 is 62.0. The number of carboxylic acids is 2. The van der Waals surface area contributed by atoms with Crippen LogP contribution >= 0.6 is 23.2 Å². The van der Waals surface area contributed by atoms with Crippen LogP contribution in [0.2, 0.25) is 10.0 Å². The number of aromatic nitrogens is 2. The highest BCUT2D eigenvalue weighted by molar-refractivity contribution is 6.31. The monoisotopic (exact) mass is 570 g/mol. The number of halogens is 6. The molecular formula is C24H12Cl2F4N2O6. The summed E-state index contributed by atoms with van der Waals surface area (Å²) in [6, 6.07) is 8.48. The molecule has 0 saturated heterocycles. The Morgan fingerprint density at radius 1 is 0.658 bits per heavy atom. The Bertz CT molecular complexity index is 1410. The van der Waals surface area contributed by atoms with E-state index in [9.17, 15) is 27.2 Å². The Balaban J connectivity index is 0.000000211. The van der Waals surface area contributed by atoms with E-state index in [0.717, 1.165) is 48.8 Å². The molecule has 2 aromatic carbocycles. The zero-order valence-electron chi connectivity index (χ0n) is 18.5. The van der Waals surface area contributed by atoms with Crippen molar-refractivity contribution in [3.8, 4) is 23.3 Å². The first kappa shape index (κ1) is 28.2. The highest BCUT2D eigenvalue weighted by atomic mass is 35.5. The van der Waals surface area contributed by atoms with Crippen molar-refractivity contribution in [3.05, 3.63) is 105 Å². The van der Waals surface area contributed by atoms with Crippen LogP contribution in [0.25, 0.3) is 0 Å². The standard InChI is InChI=1S/2C12H6ClF2NO3/c2*13-9-4-7(1-2-10(9)15)19-11-8(12(17)18)3-6(14)5-16-11/h2*1-5H,(H,17,18). The van der Waals surface area contributed by atoms with Gasteiger partial charge in [0.15, 0.2) is 0 Å². The first-order chi connectivity index (χ1) is 17.9. The molecule has 0 atom stereocenters. The molecule has 0 saturated carbocycles. The molecule has 4 aromatic rings. The summed E-state index contributed by atoms with van der Waals surface area (Å²) in [4.78, 5) is 28.9. The number of carboxylic acid groups (broad SMARTS) is 2. The SMILES string of the molecule is O=C(O)c1cc(F)cnc1Oc1ccc(F)c(Cl)c1.O=C(O)c1cc(F)cnc1Oc1ccc(F)c(Cl)c1. The molecule has 2 aromatic heterocycles. The minimum atomic E-state index is -1.39. The van der Waals surface area contributed by atoms with Crippen LogP contribution in [0.1, 0.15) is 20.7 Å². The minimum absolute atomic E-state index is 0.0907. The molecule has 0 bridgehead atoms. The highest BCUT2D eigenvalue weighted by Gasteiger charge is 2.17. The number of rotatable bonds is 6.